The molecule has 0 spiro atoms. The summed E-state index contributed by atoms with van der Waals surface area (Å²) < 4.78 is 2.08. The first kappa shape index (κ1) is 18.4. The molecule has 1 amide bonds. The molecular weight excluding hydrogens is 350 g/mol. The minimum atomic E-state index is -0.0625. The van der Waals surface area contributed by atoms with E-state index in [1.807, 2.05) is 42.6 Å². The van der Waals surface area contributed by atoms with Gasteiger partial charge < -0.3 is 15.0 Å². The van der Waals surface area contributed by atoms with Gasteiger partial charge in [0.15, 0.2) is 5.78 Å². The molecule has 2 aromatic heterocycles. The summed E-state index contributed by atoms with van der Waals surface area (Å²) in [5, 5.41) is 6.28. The van der Waals surface area contributed by atoms with Gasteiger partial charge in [-0.25, -0.2) is 0 Å². The van der Waals surface area contributed by atoms with Crippen LogP contribution in [0.2, 0.25) is 0 Å². The molecule has 5 nitrogen and oxygen atoms in total. The Morgan fingerprint density at radius 1 is 1.11 bits per heavy atom. The second-order valence-electron chi connectivity index (χ2n) is 7.34. The van der Waals surface area contributed by atoms with E-state index in [1.165, 1.54) is 23.6 Å². The monoisotopic (exact) mass is 375 g/mol. The molecule has 5 heteroatoms. The molecule has 4 rings (SSSR count). The fourth-order valence-electron chi connectivity index (χ4n) is 4.08. The minimum Gasteiger partial charge on any atom is -0.326 e. The standard InChI is InChI=1S/C23H25N3O2/c1-16(27)25-18-10-8-17(9-11-18)15-24-13-12-19-20-5-4-7-22(28)23(20)26-14-3-2-6-21(19)26/h2-3,6,8-11,14,24H,4-5,7,12-13,15H2,1H3,(H,25,27). The number of Topliss-reactive ketones (excluding diaryl/α,β-unsaturated/α-hetero) is 1. The number of carbonyl (C=O) groups is 2. The van der Waals surface area contributed by atoms with Crippen molar-refractivity contribution >= 4 is 22.9 Å². The molecule has 0 fully saturated rings. The second kappa shape index (κ2) is 7.98. The van der Waals surface area contributed by atoms with Gasteiger partial charge in [0.25, 0.3) is 0 Å². The number of amides is 1. The van der Waals surface area contributed by atoms with Crippen molar-refractivity contribution in [1.82, 2.24) is 9.72 Å². The van der Waals surface area contributed by atoms with E-state index in [1.54, 1.807) is 0 Å². The van der Waals surface area contributed by atoms with Crippen LogP contribution in [0.1, 0.15) is 46.9 Å². The summed E-state index contributed by atoms with van der Waals surface area (Å²) in [6.45, 7) is 3.13. The summed E-state index contributed by atoms with van der Waals surface area (Å²) in [5.41, 5.74) is 6.58. The molecule has 144 valence electrons. The number of anilines is 1. The van der Waals surface area contributed by atoms with Crippen molar-refractivity contribution in [1.29, 1.82) is 0 Å². The fourth-order valence-corrected chi connectivity index (χ4v) is 4.08. The second-order valence-corrected chi connectivity index (χ2v) is 7.34. The summed E-state index contributed by atoms with van der Waals surface area (Å²) in [7, 11) is 0. The summed E-state index contributed by atoms with van der Waals surface area (Å²) in [6, 6.07) is 14.0. The minimum absolute atomic E-state index is 0.0625. The Hall–Kier alpha value is -2.92. The van der Waals surface area contributed by atoms with Gasteiger partial charge in [0.1, 0.15) is 0 Å². The van der Waals surface area contributed by atoms with E-state index in [0.29, 0.717) is 6.42 Å². The number of hydrogen-bond acceptors (Lipinski definition) is 3. The van der Waals surface area contributed by atoms with E-state index in [9.17, 15) is 9.59 Å². The van der Waals surface area contributed by atoms with E-state index < -0.39 is 0 Å². The van der Waals surface area contributed by atoms with E-state index in [2.05, 4.69) is 21.1 Å². The lowest BCUT2D eigenvalue weighted by Gasteiger charge is -2.13. The Kier molecular flexibility index (Phi) is 5.26. The van der Waals surface area contributed by atoms with Crippen LogP contribution in [0.15, 0.2) is 48.7 Å². The van der Waals surface area contributed by atoms with Crippen molar-refractivity contribution in [3.05, 3.63) is 71.0 Å². The average molecular weight is 375 g/mol. The largest absolute Gasteiger partial charge is 0.326 e. The molecule has 2 heterocycles. The lowest BCUT2D eigenvalue weighted by atomic mass is 9.92. The van der Waals surface area contributed by atoms with Gasteiger partial charge in [-0.2, -0.15) is 0 Å². The molecule has 2 N–H and O–H groups in total. The Balaban J connectivity index is 1.42. The number of carbonyl (C=O) groups excluding carboxylic acids is 2. The molecule has 0 atom stereocenters. The van der Waals surface area contributed by atoms with E-state index >= 15 is 0 Å². The van der Waals surface area contributed by atoms with E-state index in [0.717, 1.165) is 49.2 Å². The number of ketones is 1. The smallest absolute Gasteiger partial charge is 0.221 e. The maximum atomic E-state index is 12.5. The van der Waals surface area contributed by atoms with Crippen LogP contribution in [0.5, 0.6) is 0 Å². The number of aromatic nitrogens is 1. The lowest BCUT2D eigenvalue weighted by Crippen LogP contribution is -2.18. The maximum Gasteiger partial charge on any atom is 0.221 e. The quantitative estimate of drug-likeness (QED) is 0.645. The number of nitrogens with zero attached hydrogens (tertiary/aromatic N) is 1. The van der Waals surface area contributed by atoms with Crippen LogP contribution in [-0.4, -0.2) is 22.6 Å². The molecule has 28 heavy (non-hydrogen) atoms. The third-order valence-corrected chi connectivity index (χ3v) is 5.31. The van der Waals surface area contributed by atoms with Crippen LogP contribution in [0.25, 0.3) is 5.52 Å². The molecular formula is C23H25N3O2. The molecule has 0 bridgehead atoms. The molecule has 0 saturated carbocycles. The van der Waals surface area contributed by atoms with Gasteiger partial charge in [-0.3, -0.25) is 9.59 Å². The zero-order chi connectivity index (χ0) is 19.5. The predicted octanol–water partition coefficient (Wildman–Crippen LogP) is 3.75. The molecule has 1 aromatic carbocycles. The van der Waals surface area contributed by atoms with Crippen LogP contribution >= 0.6 is 0 Å². The van der Waals surface area contributed by atoms with Crippen LogP contribution in [0, 0.1) is 0 Å². The van der Waals surface area contributed by atoms with Crippen molar-refractivity contribution in [3.8, 4) is 0 Å². The number of hydrogen-bond donors (Lipinski definition) is 2. The number of pyridine rings is 1. The first-order chi connectivity index (χ1) is 13.6. The van der Waals surface area contributed by atoms with Gasteiger partial charge in [-0.15, -0.1) is 0 Å². The highest BCUT2D eigenvalue weighted by atomic mass is 16.1. The van der Waals surface area contributed by atoms with Gasteiger partial charge in [-0.05, 0) is 66.8 Å². The molecule has 0 unspecified atom stereocenters. The normalized spacial score (nSPS) is 13.5. The number of fused-ring (bicyclic) bond motifs is 3. The number of rotatable bonds is 6. The van der Waals surface area contributed by atoms with Gasteiger partial charge in [0.2, 0.25) is 5.91 Å². The Bertz CT molecular complexity index is 1020. The fraction of sp³-hybridized carbons (Fsp3) is 0.304. The molecule has 0 saturated heterocycles. The van der Waals surface area contributed by atoms with Crippen molar-refractivity contribution < 1.29 is 9.59 Å². The topological polar surface area (TPSA) is 62.6 Å². The van der Waals surface area contributed by atoms with Crippen LogP contribution in [-0.2, 0) is 24.2 Å². The van der Waals surface area contributed by atoms with Crippen molar-refractivity contribution in [2.75, 3.05) is 11.9 Å². The zero-order valence-corrected chi connectivity index (χ0v) is 16.1. The molecule has 1 aliphatic rings. The first-order valence-electron chi connectivity index (χ1n) is 9.85. The van der Waals surface area contributed by atoms with Gasteiger partial charge >= 0.3 is 0 Å². The van der Waals surface area contributed by atoms with E-state index in [4.69, 9.17) is 0 Å². The van der Waals surface area contributed by atoms with Crippen LogP contribution in [0.3, 0.4) is 0 Å². The van der Waals surface area contributed by atoms with Gasteiger partial charge in [-0.1, -0.05) is 18.2 Å². The van der Waals surface area contributed by atoms with Crippen molar-refractivity contribution in [2.24, 2.45) is 0 Å². The highest BCUT2D eigenvalue weighted by Gasteiger charge is 2.25. The Labute approximate surface area is 164 Å². The average Bonchev–Trinajstić information content (AvgIpc) is 3.01. The highest BCUT2D eigenvalue weighted by molar-refractivity contribution is 5.99. The summed E-state index contributed by atoms with van der Waals surface area (Å²) in [5.74, 6) is 0.202. The predicted molar refractivity (Wildman–Crippen MR) is 111 cm³/mol. The molecule has 0 aliphatic heterocycles. The van der Waals surface area contributed by atoms with Crippen molar-refractivity contribution in [2.45, 2.75) is 39.2 Å². The number of nitrogens with one attached hydrogen (secondary N) is 2. The highest BCUT2D eigenvalue weighted by Crippen LogP contribution is 2.30. The third kappa shape index (κ3) is 3.71. The number of benzene rings is 1. The van der Waals surface area contributed by atoms with Crippen molar-refractivity contribution in [3.63, 3.8) is 0 Å². The summed E-state index contributed by atoms with van der Waals surface area (Å²) >= 11 is 0. The van der Waals surface area contributed by atoms with Gasteiger partial charge in [0.05, 0.1) is 5.69 Å². The van der Waals surface area contributed by atoms with Gasteiger partial charge in [0, 0.05) is 37.3 Å². The Morgan fingerprint density at radius 2 is 1.93 bits per heavy atom. The third-order valence-electron chi connectivity index (χ3n) is 5.31. The SMILES string of the molecule is CC(=O)Nc1ccc(CNCCc2c3c(n4ccccc24)C(=O)CCC3)cc1. The lowest BCUT2D eigenvalue weighted by molar-refractivity contribution is -0.114. The van der Waals surface area contributed by atoms with E-state index in [-0.39, 0.29) is 11.7 Å². The molecule has 1 aliphatic carbocycles. The summed E-state index contributed by atoms with van der Waals surface area (Å²) in [4.78, 5) is 23.6. The Morgan fingerprint density at radius 3 is 2.71 bits per heavy atom. The van der Waals surface area contributed by atoms with Crippen LogP contribution < -0.4 is 10.6 Å². The molecule has 0 radical (unpaired) electrons. The summed E-state index contributed by atoms with van der Waals surface area (Å²) in [6.07, 6.45) is 5.50. The first-order valence-corrected chi connectivity index (χ1v) is 9.85. The van der Waals surface area contributed by atoms with Crippen LogP contribution in [0.4, 0.5) is 5.69 Å². The molecule has 3 aromatic rings. The zero-order valence-electron chi connectivity index (χ0n) is 16.1. The maximum absolute atomic E-state index is 12.5.